The maximum absolute atomic E-state index is 12.8. The number of aryl methyl sites for hydroxylation is 1. The third kappa shape index (κ3) is 6.67. The topological polar surface area (TPSA) is 110 Å². The van der Waals surface area contributed by atoms with Gasteiger partial charge in [0.15, 0.2) is 0 Å². The molecule has 2 heterocycles. The number of aliphatic hydroxyl groups is 1. The zero-order chi connectivity index (χ0) is 21.4. The van der Waals surface area contributed by atoms with Crippen molar-refractivity contribution in [1.29, 1.82) is 0 Å². The first-order chi connectivity index (χ1) is 13.8. The number of nitrogens with zero attached hydrogens (tertiary/aromatic N) is 5. The van der Waals surface area contributed by atoms with Crippen LogP contribution >= 0.6 is 0 Å². The lowest BCUT2D eigenvalue weighted by atomic mass is 10.0. The molecule has 2 rings (SSSR count). The lowest BCUT2D eigenvalue weighted by molar-refractivity contribution is -0.136. The molecule has 0 fully saturated rings. The van der Waals surface area contributed by atoms with Gasteiger partial charge in [-0.25, -0.2) is 4.79 Å². The van der Waals surface area contributed by atoms with Crippen LogP contribution in [0.2, 0.25) is 0 Å². The summed E-state index contributed by atoms with van der Waals surface area (Å²) in [7, 11) is 1.66. The summed E-state index contributed by atoms with van der Waals surface area (Å²) >= 11 is 0. The number of rotatable bonds is 5. The fourth-order valence-corrected chi connectivity index (χ4v) is 3.27. The van der Waals surface area contributed by atoms with Crippen molar-refractivity contribution in [2.24, 2.45) is 5.92 Å². The van der Waals surface area contributed by atoms with Crippen molar-refractivity contribution in [1.82, 2.24) is 24.8 Å². The van der Waals surface area contributed by atoms with Crippen molar-refractivity contribution in [2.75, 3.05) is 33.4 Å². The Balaban J connectivity index is 2.21. The van der Waals surface area contributed by atoms with E-state index in [-0.39, 0.29) is 37.2 Å². The van der Waals surface area contributed by atoms with Gasteiger partial charge in [-0.3, -0.25) is 9.48 Å². The Morgan fingerprint density at radius 1 is 1.52 bits per heavy atom. The zero-order valence-corrected chi connectivity index (χ0v) is 17.8. The van der Waals surface area contributed by atoms with E-state index < -0.39 is 6.09 Å². The normalized spacial score (nSPS) is 22.2. The van der Waals surface area contributed by atoms with E-state index >= 15 is 0 Å². The highest BCUT2D eigenvalue weighted by molar-refractivity contribution is 5.76. The number of ether oxygens (including phenoxy) is 2. The number of amides is 2. The summed E-state index contributed by atoms with van der Waals surface area (Å²) in [5.74, 6) is -0.101. The molecule has 0 saturated heterocycles. The quantitative estimate of drug-likeness (QED) is 0.766. The van der Waals surface area contributed by atoms with Gasteiger partial charge in [0.25, 0.3) is 0 Å². The van der Waals surface area contributed by atoms with Crippen LogP contribution in [0.4, 0.5) is 4.79 Å². The van der Waals surface area contributed by atoms with E-state index in [4.69, 9.17) is 9.47 Å². The summed E-state index contributed by atoms with van der Waals surface area (Å²) in [6.07, 6.45) is 2.04. The smallest absolute Gasteiger partial charge is 0.409 e. The summed E-state index contributed by atoms with van der Waals surface area (Å²) in [5, 5.41) is 17.8. The van der Waals surface area contributed by atoms with Gasteiger partial charge in [-0.15, -0.1) is 5.10 Å². The van der Waals surface area contributed by atoms with Crippen LogP contribution < -0.4 is 0 Å². The highest BCUT2D eigenvalue weighted by Gasteiger charge is 2.29. The number of carbonyl (C=O) groups excluding carboxylic acids is 2. The number of likely N-dealkylation sites (N-methyl/N-ethyl adjacent to an activating group) is 1. The van der Waals surface area contributed by atoms with Crippen LogP contribution in [-0.4, -0.2) is 87.4 Å². The summed E-state index contributed by atoms with van der Waals surface area (Å²) < 4.78 is 12.9. The van der Waals surface area contributed by atoms with Crippen LogP contribution in [-0.2, 0) is 27.4 Å². The first-order valence-electron chi connectivity index (χ1n) is 10.1. The molecule has 29 heavy (non-hydrogen) atoms. The molecule has 2 amide bonds. The van der Waals surface area contributed by atoms with Crippen LogP contribution in [0.25, 0.3) is 0 Å². The summed E-state index contributed by atoms with van der Waals surface area (Å²) in [5.41, 5.74) is 0.701. The van der Waals surface area contributed by atoms with Gasteiger partial charge >= 0.3 is 6.09 Å². The average Bonchev–Trinajstić information content (AvgIpc) is 3.15. The molecule has 164 valence electrons. The van der Waals surface area contributed by atoms with Crippen LogP contribution in [0.15, 0.2) is 6.20 Å². The first kappa shape index (κ1) is 23.1. The number of carbonyl (C=O) groups is 2. The molecule has 3 atom stereocenters. The average molecular weight is 412 g/mol. The molecule has 1 aromatic heterocycles. The number of fused-ring (bicyclic) bond motifs is 2. The minimum absolute atomic E-state index is 0.0181. The Morgan fingerprint density at radius 2 is 2.28 bits per heavy atom. The molecule has 0 aromatic carbocycles. The van der Waals surface area contributed by atoms with Crippen LogP contribution in [0, 0.1) is 5.92 Å². The van der Waals surface area contributed by atoms with Crippen LogP contribution in [0.5, 0.6) is 0 Å². The summed E-state index contributed by atoms with van der Waals surface area (Å²) in [6, 6.07) is -0.295. The molecule has 2 bridgehead atoms. The fourth-order valence-electron chi connectivity index (χ4n) is 3.27. The molecule has 0 unspecified atom stereocenters. The minimum atomic E-state index is -0.422. The number of hydrogen-bond donors (Lipinski definition) is 1. The molecular weight excluding hydrogens is 378 g/mol. The predicted octanol–water partition coefficient (Wildman–Crippen LogP) is 0.891. The Kier molecular flexibility index (Phi) is 8.84. The van der Waals surface area contributed by atoms with Crippen molar-refractivity contribution >= 4 is 12.0 Å². The standard InChI is InChI=1S/C19H33N5O5/c1-5-28-19(27)22(4)11-17-14(2)9-24(15(3)12-25)18(26)7-6-8-23-10-16(13-29-17)20-21-23/h10,14-15,17,25H,5-9,11-13H2,1-4H3/t14-,15+,17-/m1/s1. The van der Waals surface area contributed by atoms with Crippen molar-refractivity contribution in [2.45, 2.75) is 58.9 Å². The molecule has 0 spiro atoms. The molecule has 0 radical (unpaired) electrons. The van der Waals surface area contributed by atoms with Gasteiger partial charge in [0.05, 0.1) is 44.7 Å². The molecule has 10 nitrogen and oxygen atoms in total. The predicted molar refractivity (Wildman–Crippen MR) is 105 cm³/mol. The molecule has 1 aliphatic rings. The number of hydrogen-bond acceptors (Lipinski definition) is 7. The van der Waals surface area contributed by atoms with E-state index in [2.05, 4.69) is 10.3 Å². The fraction of sp³-hybridized carbons (Fsp3) is 0.789. The van der Waals surface area contributed by atoms with Crippen molar-refractivity contribution in [3.63, 3.8) is 0 Å². The van der Waals surface area contributed by atoms with Crippen molar-refractivity contribution in [3.05, 3.63) is 11.9 Å². The first-order valence-corrected chi connectivity index (χ1v) is 10.1. The minimum Gasteiger partial charge on any atom is -0.450 e. The maximum Gasteiger partial charge on any atom is 0.409 e. The number of aromatic nitrogens is 3. The van der Waals surface area contributed by atoms with Gasteiger partial charge in [-0.2, -0.15) is 0 Å². The second-order valence-electron chi connectivity index (χ2n) is 7.56. The van der Waals surface area contributed by atoms with Gasteiger partial charge in [0.1, 0.15) is 5.69 Å². The van der Waals surface area contributed by atoms with Gasteiger partial charge in [0, 0.05) is 32.5 Å². The Bertz CT molecular complexity index is 667. The number of aliphatic hydroxyl groups excluding tert-OH is 1. The second kappa shape index (κ2) is 11.1. The molecule has 1 aromatic rings. The molecular formula is C19H33N5O5. The molecule has 0 aliphatic carbocycles. The third-order valence-electron chi connectivity index (χ3n) is 5.08. The van der Waals surface area contributed by atoms with E-state index in [0.29, 0.717) is 44.8 Å². The molecule has 1 N–H and O–H groups in total. The summed E-state index contributed by atoms with van der Waals surface area (Å²) in [4.78, 5) is 28.0. The SMILES string of the molecule is CCOC(=O)N(C)C[C@H]1OCc2cn(nn2)CCCC(=O)N([C@@H](C)CO)C[C@H]1C. The lowest BCUT2D eigenvalue weighted by Gasteiger charge is -2.35. The molecule has 10 heteroatoms. The Morgan fingerprint density at radius 3 is 2.97 bits per heavy atom. The zero-order valence-electron chi connectivity index (χ0n) is 17.8. The van der Waals surface area contributed by atoms with Crippen LogP contribution in [0.3, 0.4) is 0 Å². The van der Waals surface area contributed by atoms with Gasteiger partial charge < -0.3 is 24.4 Å². The van der Waals surface area contributed by atoms with Gasteiger partial charge in [-0.1, -0.05) is 12.1 Å². The van der Waals surface area contributed by atoms with E-state index in [1.54, 1.807) is 23.6 Å². The Hall–Kier alpha value is -2.20. The van der Waals surface area contributed by atoms with Gasteiger partial charge in [-0.05, 0) is 20.3 Å². The monoisotopic (exact) mass is 411 g/mol. The van der Waals surface area contributed by atoms with E-state index in [9.17, 15) is 14.7 Å². The summed E-state index contributed by atoms with van der Waals surface area (Å²) in [6.45, 7) is 7.32. The van der Waals surface area contributed by atoms with E-state index in [0.717, 1.165) is 0 Å². The highest BCUT2D eigenvalue weighted by atomic mass is 16.6. The molecule has 0 saturated carbocycles. The van der Waals surface area contributed by atoms with Gasteiger partial charge in [0.2, 0.25) is 5.91 Å². The second-order valence-corrected chi connectivity index (χ2v) is 7.56. The van der Waals surface area contributed by atoms with Crippen molar-refractivity contribution < 1.29 is 24.2 Å². The highest BCUT2D eigenvalue weighted by Crippen LogP contribution is 2.17. The van der Waals surface area contributed by atoms with Crippen LogP contribution in [0.1, 0.15) is 39.3 Å². The largest absolute Gasteiger partial charge is 0.450 e. The lowest BCUT2D eigenvalue weighted by Crippen LogP contribution is -2.47. The third-order valence-corrected chi connectivity index (χ3v) is 5.08. The maximum atomic E-state index is 12.8. The van der Waals surface area contributed by atoms with E-state index in [1.807, 2.05) is 20.0 Å². The Labute approximate surface area is 171 Å². The van der Waals surface area contributed by atoms with E-state index in [1.165, 1.54) is 4.90 Å². The molecule has 1 aliphatic heterocycles. The van der Waals surface area contributed by atoms with Crippen molar-refractivity contribution in [3.8, 4) is 0 Å².